The fourth-order valence-electron chi connectivity index (χ4n) is 3.12. The molecule has 30 heavy (non-hydrogen) atoms. The lowest BCUT2D eigenvalue weighted by Gasteiger charge is -2.31. The van der Waals surface area contributed by atoms with Crippen LogP contribution in [0.15, 0.2) is 48.5 Å². The van der Waals surface area contributed by atoms with Gasteiger partial charge in [-0.1, -0.05) is 50.2 Å². The van der Waals surface area contributed by atoms with Gasteiger partial charge in [-0.05, 0) is 49.9 Å². The third kappa shape index (κ3) is 6.31. The number of benzene rings is 2. The average Bonchev–Trinajstić information content (AvgIpc) is 2.74. The zero-order valence-corrected chi connectivity index (χ0v) is 18.2. The van der Waals surface area contributed by atoms with Crippen molar-refractivity contribution in [2.75, 3.05) is 6.61 Å². The van der Waals surface area contributed by atoms with Gasteiger partial charge in [0.1, 0.15) is 6.04 Å². The van der Waals surface area contributed by atoms with Gasteiger partial charge in [0.15, 0.2) is 18.2 Å². The predicted octanol–water partition coefficient (Wildman–Crippen LogP) is 4.24. The van der Waals surface area contributed by atoms with Crippen LogP contribution in [0.25, 0.3) is 0 Å². The lowest BCUT2D eigenvalue weighted by Crippen LogP contribution is -2.51. The summed E-state index contributed by atoms with van der Waals surface area (Å²) in [5.74, 6) is -1.08. The Morgan fingerprint density at radius 3 is 2.37 bits per heavy atom. The van der Waals surface area contributed by atoms with E-state index in [0.717, 1.165) is 17.5 Å². The maximum absolute atomic E-state index is 13.9. The first-order valence-electron chi connectivity index (χ1n) is 10.4. The van der Waals surface area contributed by atoms with Crippen LogP contribution < -0.4 is 10.1 Å². The minimum absolute atomic E-state index is 0.0108. The van der Waals surface area contributed by atoms with Gasteiger partial charge in [-0.3, -0.25) is 9.59 Å². The minimum Gasteiger partial charge on any atom is -0.481 e. The van der Waals surface area contributed by atoms with E-state index in [2.05, 4.69) is 5.32 Å². The highest BCUT2D eigenvalue weighted by Gasteiger charge is 2.29. The molecule has 0 aliphatic rings. The molecule has 2 unspecified atom stereocenters. The highest BCUT2D eigenvalue weighted by Crippen LogP contribution is 2.18. The number of carbonyl (C=O) groups excluding carboxylic acids is 2. The van der Waals surface area contributed by atoms with E-state index in [1.54, 1.807) is 12.1 Å². The van der Waals surface area contributed by atoms with E-state index in [-0.39, 0.29) is 36.8 Å². The number of para-hydroxylation sites is 1. The van der Waals surface area contributed by atoms with E-state index < -0.39 is 11.9 Å². The summed E-state index contributed by atoms with van der Waals surface area (Å²) >= 11 is 0. The second-order valence-corrected chi connectivity index (χ2v) is 7.41. The Bertz CT molecular complexity index is 856. The third-order valence-corrected chi connectivity index (χ3v) is 5.18. The lowest BCUT2D eigenvalue weighted by molar-refractivity contribution is -0.143. The minimum atomic E-state index is -0.643. The molecule has 2 aromatic carbocycles. The molecule has 0 radical (unpaired) electrons. The maximum Gasteiger partial charge on any atom is 0.261 e. The number of halogens is 1. The number of hydrogen-bond acceptors (Lipinski definition) is 3. The molecule has 162 valence electrons. The van der Waals surface area contributed by atoms with Crippen molar-refractivity contribution in [1.82, 2.24) is 10.2 Å². The van der Waals surface area contributed by atoms with Crippen LogP contribution in [-0.4, -0.2) is 35.4 Å². The van der Waals surface area contributed by atoms with Gasteiger partial charge in [0.25, 0.3) is 5.91 Å². The van der Waals surface area contributed by atoms with E-state index in [1.807, 2.05) is 52.0 Å². The van der Waals surface area contributed by atoms with Crippen LogP contribution in [0.1, 0.15) is 44.7 Å². The van der Waals surface area contributed by atoms with Crippen molar-refractivity contribution in [2.45, 2.75) is 59.2 Å². The molecule has 0 aromatic heterocycles. The van der Waals surface area contributed by atoms with Gasteiger partial charge < -0.3 is 15.0 Å². The summed E-state index contributed by atoms with van der Waals surface area (Å²) in [7, 11) is 0. The molecule has 2 aromatic rings. The average molecular weight is 415 g/mol. The van der Waals surface area contributed by atoms with Crippen LogP contribution in [0.4, 0.5) is 4.39 Å². The van der Waals surface area contributed by atoms with E-state index in [4.69, 9.17) is 4.74 Å². The third-order valence-electron chi connectivity index (χ3n) is 5.18. The van der Waals surface area contributed by atoms with Crippen LogP contribution in [0.2, 0.25) is 0 Å². The fourth-order valence-corrected chi connectivity index (χ4v) is 3.12. The molecule has 0 bridgehead atoms. The number of nitrogens with zero attached hydrogens (tertiary/aromatic N) is 1. The number of nitrogens with one attached hydrogen (secondary N) is 1. The summed E-state index contributed by atoms with van der Waals surface area (Å²) in [6, 6.07) is 13.1. The molecule has 5 nitrogen and oxygen atoms in total. The van der Waals surface area contributed by atoms with E-state index in [1.165, 1.54) is 17.0 Å². The molecule has 6 heteroatoms. The lowest BCUT2D eigenvalue weighted by atomic mass is 10.1. The van der Waals surface area contributed by atoms with Crippen LogP contribution >= 0.6 is 0 Å². The van der Waals surface area contributed by atoms with Crippen molar-refractivity contribution < 1.29 is 18.7 Å². The van der Waals surface area contributed by atoms with E-state index >= 15 is 0 Å². The van der Waals surface area contributed by atoms with Crippen molar-refractivity contribution in [3.63, 3.8) is 0 Å². The monoisotopic (exact) mass is 414 g/mol. The van der Waals surface area contributed by atoms with Crippen molar-refractivity contribution in [2.24, 2.45) is 0 Å². The van der Waals surface area contributed by atoms with Crippen LogP contribution in [0.5, 0.6) is 5.75 Å². The Morgan fingerprint density at radius 2 is 1.73 bits per heavy atom. The Balaban J connectivity index is 2.24. The fraction of sp³-hybridized carbons (Fsp3) is 0.417. The van der Waals surface area contributed by atoms with Crippen LogP contribution in [-0.2, 0) is 16.1 Å². The molecular weight excluding hydrogens is 383 g/mol. The molecule has 0 saturated carbocycles. The maximum atomic E-state index is 13.9. The van der Waals surface area contributed by atoms with Gasteiger partial charge in [0.2, 0.25) is 5.91 Å². The summed E-state index contributed by atoms with van der Waals surface area (Å²) in [5.41, 5.74) is 1.98. The van der Waals surface area contributed by atoms with Crippen molar-refractivity contribution in [1.29, 1.82) is 0 Å². The first kappa shape index (κ1) is 23.4. The van der Waals surface area contributed by atoms with Gasteiger partial charge in [-0.2, -0.15) is 0 Å². The van der Waals surface area contributed by atoms with Crippen molar-refractivity contribution >= 4 is 11.8 Å². The standard InChI is InChI=1S/C24H31FN2O3/c1-5-18(4)26-24(29)21(6-2)27(15-19-12-8-7-11-17(19)3)23(28)16-30-22-14-10-9-13-20(22)25/h7-14,18,21H,5-6,15-16H2,1-4H3,(H,26,29). The molecule has 0 saturated heterocycles. The first-order chi connectivity index (χ1) is 14.4. The highest BCUT2D eigenvalue weighted by atomic mass is 19.1. The molecule has 0 spiro atoms. The largest absolute Gasteiger partial charge is 0.481 e. The zero-order chi connectivity index (χ0) is 22.1. The topological polar surface area (TPSA) is 58.6 Å². The molecule has 1 N–H and O–H groups in total. The van der Waals surface area contributed by atoms with Gasteiger partial charge in [0.05, 0.1) is 0 Å². The molecule has 0 aliphatic heterocycles. The normalized spacial score (nSPS) is 12.7. The van der Waals surface area contributed by atoms with Gasteiger partial charge >= 0.3 is 0 Å². The Morgan fingerprint density at radius 1 is 1.07 bits per heavy atom. The summed E-state index contributed by atoms with van der Waals surface area (Å²) in [6.07, 6.45) is 1.25. The smallest absolute Gasteiger partial charge is 0.261 e. The number of carbonyl (C=O) groups is 2. The number of rotatable bonds is 10. The predicted molar refractivity (Wildman–Crippen MR) is 116 cm³/mol. The first-order valence-corrected chi connectivity index (χ1v) is 10.4. The molecule has 0 fully saturated rings. The van der Waals surface area contributed by atoms with Crippen molar-refractivity contribution in [3.05, 3.63) is 65.5 Å². The Kier molecular flexibility index (Phi) is 8.84. The summed E-state index contributed by atoms with van der Waals surface area (Å²) in [6.45, 7) is 7.69. The molecule has 2 amide bonds. The zero-order valence-electron chi connectivity index (χ0n) is 18.2. The van der Waals surface area contributed by atoms with Crippen LogP contribution in [0, 0.1) is 12.7 Å². The van der Waals surface area contributed by atoms with E-state index in [9.17, 15) is 14.0 Å². The van der Waals surface area contributed by atoms with Gasteiger partial charge in [-0.25, -0.2) is 4.39 Å². The molecule has 2 rings (SSSR count). The summed E-state index contributed by atoms with van der Waals surface area (Å²) in [4.78, 5) is 27.5. The van der Waals surface area contributed by atoms with E-state index in [0.29, 0.717) is 6.42 Å². The second kappa shape index (κ2) is 11.3. The quantitative estimate of drug-likeness (QED) is 0.633. The highest BCUT2D eigenvalue weighted by molar-refractivity contribution is 5.88. The Hall–Kier alpha value is -2.89. The SMILES string of the molecule is CCC(C)NC(=O)C(CC)N(Cc1ccccc1C)C(=O)COc1ccccc1F. The summed E-state index contributed by atoms with van der Waals surface area (Å²) in [5, 5.41) is 2.97. The second-order valence-electron chi connectivity index (χ2n) is 7.41. The number of hydrogen-bond donors (Lipinski definition) is 1. The molecule has 0 heterocycles. The molecular formula is C24H31FN2O3. The number of ether oxygens (including phenoxy) is 1. The van der Waals surface area contributed by atoms with Gasteiger partial charge in [-0.15, -0.1) is 0 Å². The summed E-state index contributed by atoms with van der Waals surface area (Å²) < 4.78 is 19.3. The van der Waals surface area contributed by atoms with Gasteiger partial charge in [0, 0.05) is 12.6 Å². The molecule has 2 atom stereocenters. The molecule has 0 aliphatic carbocycles. The van der Waals surface area contributed by atoms with Crippen molar-refractivity contribution in [3.8, 4) is 5.75 Å². The van der Waals surface area contributed by atoms with Crippen LogP contribution in [0.3, 0.4) is 0 Å². The number of amides is 2. The number of aryl methyl sites for hydroxylation is 1. The Labute approximate surface area is 178 Å².